The molecule has 0 aromatic carbocycles. The second kappa shape index (κ2) is 10.5. The SMILES string of the molecule is CCOC(=O)[C@@H]1[C@H]2C(=O)N(CCCCO)C(C(=O)NCCN3CCOCC3)C23S[C@@H]1CC3C. The predicted octanol–water partition coefficient (Wildman–Crippen LogP) is 0.108. The van der Waals surface area contributed by atoms with Crippen molar-refractivity contribution in [3.8, 4) is 0 Å². The first-order valence-corrected chi connectivity index (χ1v) is 13.2. The Labute approximate surface area is 199 Å². The van der Waals surface area contributed by atoms with Crippen LogP contribution in [0.25, 0.3) is 0 Å². The van der Waals surface area contributed by atoms with E-state index in [0.29, 0.717) is 39.1 Å². The number of morpholine rings is 1. The summed E-state index contributed by atoms with van der Waals surface area (Å²) >= 11 is 1.66. The van der Waals surface area contributed by atoms with Gasteiger partial charge in [0.15, 0.2) is 0 Å². The Hall–Kier alpha value is -1.36. The van der Waals surface area contributed by atoms with E-state index in [4.69, 9.17) is 9.47 Å². The standard InChI is InChI=1S/C23H37N3O6S/c1-3-32-22(30)17-16-14-15(2)23(33-16)18(17)21(29)26(7-4-5-11-27)19(23)20(28)24-6-8-25-9-12-31-13-10-25/h15-19,27H,3-14H2,1-2H3,(H,24,28)/t15?,16-,17+,18+,19?,23?/m1/s1. The molecule has 2 amide bonds. The van der Waals surface area contributed by atoms with E-state index in [1.54, 1.807) is 23.6 Å². The lowest BCUT2D eigenvalue weighted by atomic mass is 9.66. The molecular weight excluding hydrogens is 446 g/mol. The van der Waals surface area contributed by atoms with Crippen LogP contribution in [0, 0.1) is 17.8 Å². The molecule has 10 heteroatoms. The van der Waals surface area contributed by atoms with Crippen molar-refractivity contribution in [2.45, 2.75) is 49.1 Å². The molecule has 4 aliphatic heterocycles. The molecule has 0 aromatic rings. The number of amides is 2. The molecule has 0 saturated carbocycles. The fraction of sp³-hybridized carbons (Fsp3) is 0.870. The number of thioether (sulfide) groups is 1. The number of rotatable bonds is 10. The van der Waals surface area contributed by atoms with Crippen molar-refractivity contribution in [3.05, 3.63) is 0 Å². The number of nitrogens with zero attached hydrogens (tertiary/aromatic N) is 2. The molecular formula is C23H37N3O6S. The van der Waals surface area contributed by atoms with Crippen molar-refractivity contribution in [2.75, 3.05) is 59.2 Å². The minimum atomic E-state index is -0.610. The zero-order valence-corrected chi connectivity index (χ0v) is 20.5. The van der Waals surface area contributed by atoms with Crippen molar-refractivity contribution < 1.29 is 29.0 Å². The zero-order chi connectivity index (χ0) is 23.6. The first-order chi connectivity index (χ1) is 16.0. The Morgan fingerprint density at radius 3 is 2.73 bits per heavy atom. The van der Waals surface area contributed by atoms with Crippen LogP contribution in [-0.2, 0) is 23.9 Å². The van der Waals surface area contributed by atoms with Gasteiger partial charge in [-0.2, -0.15) is 0 Å². The van der Waals surface area contributed by atoms with Crippen LogP contribution in [0.5, 0.6) is 0 Å². The third kappa shape index (κ3) is 4.39. The van der Waals surface area contributed by atoms with Gasteiger partial charge in [-0.3, -0.25) is 19.3 Å². The van der Waals surface area contributed by atoms with Crippen LogP contribution in [0.1, 0.15) is 33.1 Å². The van der Waals surface area contributed by atoms with Gasteiger partial charge in [0.05, 0.1) is 36.4 Å². The molecule has 1 spiro atoms. The van der Waals surface area contributed by atoms with E-state index >= 15 is 0 Å². The summed E-state index contributed by atoms with van der Waals surface area (Å²) in [7, 11) is 0. The van der Waals surface area contributed by atoms with Crippen LogP contribution < -0.4 is 5.32 Å². The fourth-order valence-electron chi connectivity index (χ4n) is 6.22. The summed E-state index contributed by atoms with van der Waals surface area (Å²) in [5.74, 6) is -1.44. The van der Waals surface area contributed by atoms with Crippen molar-refractivity contribution in [3.63, 3.8) is 0 Å². The van der Waals surface area contributed by atoms with Gasteiger partial charge in [-0.05, 0) is 32.1 Å². The molecule has 2 N–H and O–H groups in total. The minimum Gasteiger partial charge on any atom is -0.466 e. The largest absolute Gasteiger partial charge is 0.466 e. The molecule has 6 atom stereocenters. The number of ether oxygens (including phenoxy) is 2. The Morgan fingerprint density at radius 1 is 1.27 bits per heavy atom. The summed E-state index contributed by atoms with van der Waals surface area (Å²) in [4.78, 5) is 44.1. The number of hydrogen-bond donors (Lipinski definition) is 2. The molecule has 4 heterocycles. The summed E-state index contributed by atoms with van der Waals surface area (Å²) in [6.45, 7) is 9.00. The van der Waals surface area contributed by atoms with Crippen LogP contribution in [0.3, 0.4) is 0 Å². The van der Waals surface area contributed by atoms with Gasteiger partial charge in [-0.1, -0.05) is 6.92 Å². The third-order valence-electron chi connectivity index (χ3n) is 7.69. The van der Waals surface area contributed by atoms with E-state index in [0.717, 1.165) is 26.1 Å². The second-order valence-electron chi connectivity index (χ2n) is 9.51. The Morgan fingerprint density at radius 2 is 2.03 bits per heavy atom. The molecule has 4 aliphatic rings. The lowest BCUT2D eigenvalue weighted by molar-refractivity contribution is -0.154. The highest BCUT2D eigenvalue weighted by molar-refractivity contribution is 8.02. The van der Waals surface area contributed by atoms with E-state index in [-0.39, 0.29) is 42.2 Å². The van der Waals surface area contributed by atoms with Crippen molar-refractivity contribution in [1.82, 2.24) is 15.1 Å². The number of esters is 1. The quantitative estimate of drug-likeness (QED) is 0.333. The zero-order valence-electron chi connectivity index (χ0n) is 19.7. The van der Waals surface area contributed by atoms with Crippen LogP contribution in [0.2, 0.25) is 0 Å². The number of aliphatic hydroxyl groups is 1. The Bertz CT molecular complexity index is 748. The van der Waals surface area contributed by atoms with Crippen LogP contribution in [0.15, 0.2) is 0 Å². The summed E-state index contributed by atoms with van der Waals surface area (Å²) in [5.41, 5.74) is 0. The number of fused-ring (bicyclic) bond motifs is 1. The van der Waals surface area contributed by atoms with Gasteiger partial charge in [0.25, 0.3) is 0 Å². The molecule has 186 valence electrons. The van der Waals surface area contributed by atoms with Gasteiger partial charge >= 0.3 is 5.97 Å². The van der Waals surface area contributed by atoms with Crippen molar-refractivity contribution in [1.29, 1.82) is 0 Å². The molecule has 4 rings (SSSR count). The van der Waals surface area contributed by atoms with E-state index in [2.05, 4.69) is 17.1 Å². The number of carbonyl (C=O) groups is 3. The van der Waals surface area contributed by atoms with Crippen molar-refractivity contribution in [2.24, 2.45) is 17.8 Å². The first-order valence-electron chi connectivity index (χ1n) is 12.3. The number of aliphatic hydroxyl groups excluding tert-OH is 1. The molecule has 0 aliphatic carbocycles. The average Bonchev–Trinajstić information content (AvgIpc) is 3.39. The van der Waals surface area contributed by atoms with Gasteiger partial charge in [0.1, 0.15) is 6.04 Å². The fourth-order valence-corrected chi connectivity index (χ4v) is 8.63. The number of carbonyl (C=O) groups excluding carboxylic acids is 3. The lowest BCUT2D eigenvalue weighted by Crippen LogP contribution is -2.57. The molecule has 3 unspecified atom stereocenters. The maximum absolute atomic E-state index is 13.7. The highest BCUT2D eigenvalue weighted by Crippen LogP contribution is 2.68. The maximum atomic E-state index is 13.7. The Balaban J connectivity index is 1.55. The third-order valence-corrected chi connectivity index (χ3v) is 9.77. The summed E-state index contributed by atoms with van der Waals surface area (Å²) in [6, 6.07) is -0.609. The van der Waals surface area contributed by atoms with E-state index in [1.165, 1.54) is 0 Å². The van der Waals surface area contributed by atoms with Gasteiger partial charge in [0.2, 0.25) is 11.8 Å². The highest BCUT2D eigenvalue weighted by atomic mass is 32.2. The number of likely N-dealkylation sites (tertiary alicyclic amines) is 1. The number of unbranched alkanes of at least 4 members (excludes halogenated alkanes) is 1. The molecule has 0 aromatic heterocycles. The molecule has 9 nitrogen and oxygen atoms in total. The predicted molar refractivity (Wildman–Crippen MR) is 124 cm³/mol. The Kier molecular flexibility index (Phi) is 7.87. The lowest BCUT2D eigenvalue weighted by Gasteiger charge is -2.38. The topological polar surface area (TPSA) is 108 Å². The summed E-state index contributed by atoms with van der Waals surface area (Å²) in [6.07, 6.45) is 1.99. The van der Waals surface area contributed by atoms with Gasteiger partial charge in [0, 0.05) is 44.6 Å². The van der Waals surface area contributed by atoms with Gasteiger partial charge < -0.3 is 24.8 Å². The van der Waals surface area contributed by atoms with Crippen molar-refractivity contribution >= 4 is 29.5 Å². The van der Waals surface area contributed by atoms with Gasteiger partial charge in [-0.25, -0.2) is 0 Å². The normalized spacial score (nSPS) is 35.7. The van der Waals surface area contributed by atoms with Crippen LogP contribution in [-0.4, -0.2) is 108 Å². The first kappa shape index (κ1) is 24.8. The van der Waals surface area contributed by atoms with E-state index in [9.17, 15) is 19.5 Å². The summed E-state index contributed by atoms with van der Waals surface area (Å²) < 4.78 is 10.1. The second-order valence-corrected chi connectivity index (χ2v) is 11.1. The van der Waals surface area contributed by atoms with E-state index < -0.39 is 22.6 Å². The number of hydrogen-bond acceptors (Lipinski definition) is 8. The van der Waals surface area contributed by atoms with Crippen LogP contribution in [0.4, 0.5) is 0 Å². The van der Waals surface area contributed by atoms with Gasteiger partial charge in [-0.15, -0.1) is 11.8 Å². The highest BCUT2D eigenvalue weighted by Gasteiger charge is 2.76. The molecule has 4 saturated heterocycles. The molecule has 2 bridgehead atoms. The maximum Gasteiger partial charge on any atom is 0.310 e. The minimum absolute atomic E-state index is 0.0104. The smallest absolute Gasteiger partial charge is 0.310 e. The number of nitrogens with one attached hydrogen (secondary N) is 1. The summed E-state index contributed by atoms with van der Waals surface area (Å²) in [5, 5.41) is 12.3. The molecule has 0 radical (unpaired) electrons. The molecule has 33 heavy (non-hydrogen) atoms. The average molecular weight is 484 g/mol. The van der Waals surface area contributed by atoms with E-state index in [1.807, 2.05) is 0 Å². The monoisotopic (exact) mass is 483 g/mol. The molecule has 4 fully saturated rings. The van der Waals surface area contributed by atoms with Crippen LogP contribution >= 0.6 is 11.8 Å².